The summed E-state index contributed by atoms with van der Waals surface area (Å²) >= 11 is 0. The third-order valence-electron chi connectivity index (χ3n) is 4.31. The Kier molecular flexibility index (Phi) is 6.19. The van der Waals surface area contributed by atoms with Gasteiger partial charge in [-0.15, -0.1) is 0 Å². The summed E-state index contributed by atoms with van der Waals surface area (Å²) in [5, 5.41) is 3.57. The molecule has 21 heavy (non-hydrogen) atoms. The predicted octanol–water partition coefficient (Wildman–Crippen LogP) is 3.47. The maximum atomic E-state index is 13.8. The van der Waals surface area contributed by atoms with E-state index < -0.39 is 0 Å². The molecule has 0 spiro atoms. The molecule has 1 N–H and O–H groups in total. The Bertz CT molecular complexity index is 427. The quantitative estimate of drug-likeness (QED) is 0.828. The van der Waals surface area contributed by atoms with Crippen LogP contribution in [0.5, 0.6) is 0 Å². The molecule has 0 aliphatic carbocycles. The molecule has 1 aliphatic heterocycles. The second-order valence-electron chi connectivity index (χ2n) is 6.79. The summed E-state index contributed by atoms with van der Waals surface area (Å²) in [5.74, 6) is 0.558. The Morgan fingerprint density at radius 2 is 2.05 bits per heavy atom. The molecule has 0 amide bonds. The van der Waals surface area contributed by atoms with Crippen molar-refractivity contribution in [3.05, 3.63) is 35.6 Å². The first kappa shape index (κ1) is 16.4. The van der Waals surface area contributed by atoms with Gasteiger partial charge in [0.15, 0.2) is 0 Å². The van der Waals surface area contributed by atoms with Gasteiger partial charge < -0.3 is 5.32 Å². The third kappa shape index (κ3) is 5.08. The van der Waals surface area contributed by atoms with E-state index in [-0.39, 0.29) is 5.82 Å². The molecular formula is C18H29FN2. The Labute approximate surface area is 128 Å². The molecule has 2 rings (SSSR count). The molecule has 0 aromatic heterocycles. The van der Waals surface area contributed by atoms with Crippen LogP contribution in [-0.2, 0) is 6.42 Å². The molecule has 2 atom stereocenters. The molecule has 1 aromatic rings. The maximum absolute atomic E-state index is 13.8. The SMILES string of the molecule is CC(C)CN(CC1CCCN1)C(C)Cc1ccccc1F. The van der Waals surface area contributed by atoms with Crippen LogP contribution in [0.3, 0.4) is 0 Å². The van der Waals surface area contributed by atoms with E-state index in [2.05, 4.69) is 31.0 Å². The first-order valence-electron chi connectivity index (χ1n) is 8.27. The van der Waals surface area contributed by atoms with Crippen molar-refractivity contribution < 1.29 is 4.39 Å². The van der Waals surface area contributed by atoms with Crippen molar-refractivity contribution in [2.75, 3.05) is 19.6 Å². The van der Waals surface area contributed by atoms with Crippen molar-refractivity contribution in [3.8, 4) is 0 Å². The standard InChI is InChI=1S/C18H29FN2/c1-14(2)12-21(13-17-8-6-10-20-17)15(3)11-16-7-4-5-9-18(16)19/h4-5,7,9,14-15,17,20H,6,8,10-13H2,1-3H3. The fourth-order valence-corrected chi connectivity index (χ4v) is 3.21. The predicted molar refractivity (Wildman–Crippen MR) is 87.0 cm³/mol. The second kappa shape index (κ2) is 7.90. The van der Waals surface area contributed by atoms with Crippen LogP contribution in [0.4, 0.5) is 4.39 Å². The van der Waals surface area contributed by atoms with E-state index in [0.29, 0.717) is 18.0 Å². The fourth-order valence-electron chi connectivity index (χ4n) is 3.21. The van der Waals surface area contributed by atoms with Crippen LogP contribution in [0.2, 0.25) is 0 Å². The van der Waals surface area contributed by atoms with Crippen molar-refractivity contribution in [3.63, 3.8) is 0 Å². The first-order chi connectivity index (χ1) is 10.1. The summed E-state index contributed by atoms with van der Waals surface area (Å²) in [7, 11) is 0. The Morgan fingerprint density at radius 1 is 1.29 bits per heavy atom. The smallest absolute Gasteiger partial charge is 0.126 e. The highest BCUT2D eigenvalue weighted by molar-refractivity contribution is 5.18. The van der Waals surface area contributed by atoms with E-state index >= 15 is 0 Å². The summed E-state index contributed by atoms with van der Waals surface area (Å²) in [6.07, 6.45) is 3.33. The van der Waals surface area contributed by atoms with Crippen molar-refractivity contribution in [1.82, 2.24) is 10.2 Å². The van der Waals surface area contributed by atoms with Gasteiger partial charge in [-0.3, -0.25) is 4.90 Å². The van der Waals surface area contributed by atoms with Crippen molar-refractivity contribution >= 4 is 0 Å². The van der Waals surface area contributed by atoms with Crippen LogP contribution >= 0.6 is 0 Å². The van der Waals surface area contributed by atoms with Crippen LogP contribution in [0.15, 0.2) is 24.3 Å². The normalized spacial score (nSPS) is 20.4. The van der Waals surface area contributed by atoms with Gasteiger partial charge in [0.05, 0.1) is 0 Å². The third-order valence-corrected chi connectivity index (χ3v) is 4.31. The Morgan fingerprint density at radius 3 is 2.67 bits per heavy atom. The van der Waals surface area contributed by atoms with Crippen LogP contribution in [0.1, 0.15) is 39.2 Å². The average molecular weight is 292 g/mol. The highest BCUT2D eigenvalue weighted by atomic mass is 19.1. The number of nitrogens with zero attached hydrogens (tertiary/aromatic N) is 1. The molecule has 0 saturated carbocycles. The molecular weight excluding hydrogens is 263 g/mol. The van der Waals surface area contributed by atoms with Gasteiger partial charge in [0, 0.05) is 25.2 Å². The molecule has 1 heterocycles. The second-order valence-corrected chi connectivity index (χ2v) is 6.79. The van der Waals surface area contributed by atoms with Crippen LogP contribution < -0.4 is 5.32 Å². The molecule has 2 nitrogen and oxygen atoms in total. The molecule has 1 aliphatic rings. The van der Waals surface area contributed by atoms with Gasteiger partial charge in [-0.2, -0.15) is 0 Å². The monoisotopic (exact) mass is 292 g/mol. The lowest BCUT2D eigenvalue weighted by Gasteiger charge is -2.33. The summed E-state index contributed by atoms with van der Waals surface area (Å²) in [6.45, 7) is 10.0. The summed E-state index contributed by atoms with van der Waals surface area (Å²) < 4.78 is 13.8. The first-order valence-corrected chi connectivity index (χ1v) is 8.27. The summed E-state index contributed by atoms with van der Waals surface area (Å²) in [6, 6.07) is 8.13. The lowest BCUT2D eigenvalue weighted by atomic mass is 10.0. The molecule has 1 fully saturated rings. The van der Waals surface area contributed by atoms with Crippen LogP contribution in [0.25, 0.3) is 0 Å². The summed E-state index contributed by atoms with van der Waals surface area (Å²) in [4.78, 5) is 2.53. The molecule has 1 aromatic carbocycles. The number of benzene rings is 1. The van der Waals surface area contributed by atoms with Gasteiger partial charge in [0.2, 0.25) is 0 Å². The molecule has 3 heteroatoms. The minimum absolute atomic E-state index is 0.0761. The minimum atomic E-state index is -0.0761. The summed E-state index contributed by atoms with van der Waals surface area (Å²) in [5.41, 5.74) is 0.832. The zero-order chi connectivity index (χ0) is 15.2. The maximum Gasteiger partial charge on any atom is 0.126 e. The highest BCUT2D eigenvalue weighted by Crippen LogP contribution is 2.16. The van der Waals surface area contributed by atoms with E-state index in [1.807, 2.05) is 12.1 Å². The lowest BCUT2D eigenvalue weighted by molar-refractivity contribution is 0.169. The Hall–Kier alpha value is -0.930. The largest absolute Gasteiger partial charge is 0.313 e. The number of hydrogen-bond donors (Lipinski definition) is 1. The lowest BCUT2D eigenvalue weighted by Crippen LogP contribution is -2.44. The zero-order valence-corrected chi connectivity index (χ0v) is 13.6. The van der Waals surface area contributed by atoms with Crippen molar-refractivity contribution in [2.24, 2.45) is 5.92 Å². The molecule has 118 valence electrons. The van der Waals surface area contributed by atoms with Crippen LogP contribution in [-0.4, -0.2) is 36.6 Å². The molecule has 0 radical (unpaired) electrons. The molecule has 0 bridgehead atoms. The fraction of sp³-hybridized carbons (Fsp3) is 0.667. The van der Waals surface area contributed by atoms with E-state index in [9.17, 15) is 4.39 Å². The van der Waals surface area contributed by atoms with Crippen molar-refractivity contribution in [1.29, 1.82) is 0 Å². The van der Waals surface area contributed by atoms with Gasteiger partial charge in [0.1, 0.15) is 5.82 Å². The number of nitrogens with one attached hydrogen (secondary N) is 1. The van der Waals surface area contributed by atoms with Gasteiger partial charge in [-0.25, -0.2) is 4.39 Å². The zero-order valence-electron chi connectivity index (χ0n) is 13.6. The Balaban J connectivity index is 1.99. The van der Waals surface area contributed by atoms with Crippen molar-refractivity contribution in [2.45, 2.75) is 52.1 Å². The molecule has 1 saturated heterocycles. The van der Waals surface area contributed by atoms with E-state index in [1.54, 1.807) is 12.1 Å². The number of hydrogen-bond acceptors (Lipinski definition) is 2. The highest BCUT2D eigenvalue weighted by Gasteiger charge is 2.22. The van der Waals surface area contributed by atoms with Crippen LogP contribution in [0, 0.1) is 11.7 Å². The van der Waals surface area contributed by atoms with E-state index in [4.69, 9.17) is 0 Å². The van der Waals surface area contributed by atoms with Gasteiger partial charge in [-0.05, 0) is 50.3 Å². The molecule has 2 unspecified atom stereocenters. The van der Waals surface area contributed by atoms with E-state index in [1.165, 1.54) is 12.8 Å². The average Bonchev–Trinajstić information content (AvgIpc) is 2.93. The van der Waals surface area contributed by atoms with Gasteiger partial charge in [-0.1, -0.05) is 32.0 Å². The van der Waals surface area contributed by atoms with E-state index in [0.717, 1.165) is 31.6 Å². The van der Waals surface area contributed by atoms with Gasteiger partial charge >= 0.3 is 0 Å². The number of halogens is 1. The number of rotatable bonds is 7. The minimum Gasteiger partial charge on any atom is -0.313 e. The topological polar surface area (TPSA) is 15.3 Å². The van der Waals surface area contributed by atoms with Gasteiger partial charge in [0.25, 0.3) is 0 Å².